The fourth-order valence-electron chi connectivity index (χ4n) is 3.03. The molecule has 1 aromatic rings. The minimum absolute atomic E-state index is 0.0625. The van der Waals surface area contributed by atoms with Gasteiger partial charge in [0.15, 0.2) is 0 Å². The molecule has 0 unspecified atom stereocenters. The van der Waals surface area contributed by atoms with E-state index in [9.17, 15) is 0 Å². The van der Waals surface area contributed by atoms with Crippen molar-refractivity contribution in [1.29, 1.82) is 0 Å². The second-order valence-corrected chi connectivity index (χ2v) is 5.27. The highest BCUT2D eigenvalue weighted by atomic mass is 16.6. The number of hydrogen-bond acceptors (Lipinski definition) is 3. The van der Waals surface area contributed by atoms with E-state index >= 15 is 0 Å². The molecule has 2 aliphatic rings. The lowest BCUT2D eigenvalue weighted by molar-refractivity contribution is -0.136. The molecule has 1 N–H and O–H groups in total. The lowest BCUT2D eigenvalue weighted by atomic mass is 9.88. The molecular weight excluding hydrogens is 226 g/mol. The third kappa shape index (κ3) is 2.44. The maximum absolute atomic E-state index is 6.14. The molecule has 1 aromatic carbocycles. The van der Waals surface area contributed by atoms with Gasteiger partial charge in [-0.2, -0.15) is 0 Å². The molecule has 3 nitrogen and oxygen atoms in total. The monoisotopic (exact) mass is 247 g/mol. The van der Waals surface area contributed by atoms with Gasteiger partial charge in [0.2, 0.25) is 0 Å². The molecule has 3 rings (SSSR count). The summed E-state index contributed by atoms with van der Waals surface area (Å²) in [5.41, 5.74) is 1.18. The minimum atomic E-state index is -0.0625. The summed E-state index contributed by atoms with van der Waals surface area (Å²) in [4.78, 5) is 0. The summed E-state index contributed by atoms with van der Waals surface area (Å²) < 4.78 is 12.1. The second-order valence-electron chi connectivity index (χ2n) is 5.27. The lowest BCUT2D eigenvalue weighted by Crippen LogP contribution is -2.56. The molecule has 2 fully saturated rings. The normalized spacial score (nSPS) is 31.9. The van der Waals surface area contributed by atoms with Crippen molar-refractivity contribution in [2.75, 3.05) is 19.7 Å². The SMILES string of the molecule is c1ccc(CO[C@H]2CCNC[C@@]23CCCO3)cc1. The third-order valence-electron chi connectivity index (χ3n) is 4.02. The first kappa shape index (κ1) is 12.2. The fraction of sp³-hybridized carbons (Fsp3) is 0.600. The maximum Gasteiger partial charge on any atom is 0.107 e. The Kier molecular flexibility index (Phi) is 3.64. The van der Waals surface area contributed by atoms with Crippen molar-refractivity contribution < 1.29 is 9.47 Å². The van der Waals surface area contributed by atoms with E-state index in [4.69, 9.17) is 9.47 Å². The van der Waals surface area contributed by atoms with Gasteiger partial charge in [0.05, 0.1) is 12.7 Å². The van der Waals surface area contributed by atoms with Crippen molar-refractivity contribution in [3.05, 3.63) is 35.9 Å². The third-order valence-corrected chi connectivity index (χ3v) is 4.02. The van der Waals surface area contributed by atoms with Crippen LogP contribution in [-0.4, -0.2) is 31.4 Å². The van der Waals surface area contributed by atoms with Crippen molar-refractivity contribution in [2.45, 2.75) is 37.6 Å². The minimum Gasteiger partial charge on any atom is -0.371 e. The summed E-state index contributed by atoms with van der Waals surface area (Å²) >= 11 is 0. The molecule has 2 aliphatic heterocycles. The zero-order chi connectivity index (χ0) is 12.3. The number of nitrogens with one attached hydrogen (secondary N) is 1. The molecule has 3 heteroatoms. The van der Waals surface area contributed by atoms with Crippen LogP contribution in [-0.2, 0) is 16.1 Å². The zero-order valence-electron chi connectivity index (χ0n) is 10.7. The van der Waals surface area contributed by atoms with E-state index in [1.165, 1.54) is 5.56 Å². The van der Waals surface area contributed by atoms with Crippen LogP contribution in [0.2, 0.25) is 0 Å². The molecule has 2 saturated heterocycles. The average molecular weight is 247 g/mol. The van der Waals surface area contributed by atoms with Crippen molar-refractivity contribution in [2.24, 2.45) is 0 Å². The Morgan fingerprint density at radius 1 is 1.33 bits per heavy atom. The van der Waals surface area contributed by atoms with Crippen LogP contribution in [0.5, 0.6) is 0 Å². The first-order valence-corrected chi connectivity index (χ1v) is 6.89. The Morgan fingerprint density at radius 3 is 3.00 bits per heavy atom. The van der Waals surface area contributed by atoms with Crippen LogP contribution in [0.25, 0.3) is 0 Å². The summed E-state index contributed by atoms with van der Waals surface area (Å²) in [6, 6.07) is 10.4. The highest BCUT2D eigenvalue weighted by Gasteiger charge is 2.45. The Morgan fingerprint density at radius 2 is 2.22 bits per heavy atom. The smallest absolute Gasteiger partial charge is 0.107 e. The predicted molar refractivity (Wildman–Crippen MR) is 70.4 cm³/mol. The van der Waals surface area contributed by atoms with E-state index in [1.807, 2.05) is 6.07 Å². The van der Waals surface area contributed by atoms with E-state index < -0.39 is 0 Å². The molecule has 0 bridgehead atoms. The van der Waals surface area contributed by atoms with Gasteiger partial charge in [-0.3, -0.25) is 0 Å². The first-order chi connectivity index (χ1) is 8.89. The van der Waals surface area contributed by atoms with Crippen molar-refractivity contribution >= 4 is 0 Å². The first-order valence-electron chi connectivity index (χ1n) is 6.89. The molecule has 0 amide bonds. The fourth-order valence-corrected chi connectivity index (χ4v) is 3.03. The highest BCUT2D eigenvalue weighted by molar-refractivity contribution is 5.13. The van der Waals surface area contributed by atoms with Gasteiger partial charge >= 0.3 is 0 Å². The molecule has 2 heterocycles. The van der Waals surface area contributed by atoms with Crippen LogP contribution in [0, 0.1) is 0 Å². The average Bonchev–Trinajstić information content (AvgIpc) is 2.88. The standard InChI is InChI=1S/C15H21NO2/c1-2-5-13(6-3-1)11-17-14-7-9-16-12-15(14)8-4-10-18-15/h1-3,5-6,14,16H,4,7-12H2/t14-,15-/m0/s1. The second kappa shape index (κ2) is 5.39. The Labute approximate surface area is 108 Å². The van der Waals surface area contributed by atoms with Crippen molar-refractivity contribution in [1.82, 2.24) is 5.32 Å². The molecule has 0 aromatic heterocycles. The van der Waals surface area contributed by atoms with Crippen LogP contribution in [0.1, 0.15) is 24.8 Å². The van der Waals surface area contributed by atoms with Crippen LogP contribution >= 0.6 is 0 Å². The zero-order valence-corrected chi connectivity index (χ0v) is 10.7. The van der Waals surface area contributed by atoms with E-state index in [-0.39, 0.29) is 11.7 Å². The summed E-state index contributed by atoms with van der Waals surface area (Å²) in [6.07, 6.45) is 3.57. The maximum atomic E-state index is 6.14. The number of benzene rings is 1. The van der Waals surface area contributed by atoms with E-state index in [0.717, 1.165) is 39.0 Å². The van der Waals surface area contributed by atoms with Gasteiger partial charge in [-0.15, -0.1) is 0 Å². The summed E-state index contributed by atoms with van der Waals surface area (Å²) in [5.74, 6) is 0. The van der Waals surface area contributed by atoms with Gasteiger partial charge in [0, 0.05) is 13.2 Å². The van der Waals surface area contributed by atoms with Crippen LogP contribution in [0.4, 0.5) is 0 Å². The topological polar surface area (TPSA) is 30.5 Å². The van der Waals surface area contributed by atoms with Crippen molar-refractivity contribution in [3.8, 4) is 0 Å². The lowest BCUT2D eigenvalue weighted by Gasteiger charge is -2.40. The molecule has 98 valence electrons. The van der Waals surface area contributed by atoms with Crippen LogP contribution < -0.4 is 5.32 Å². The highest BCUT2D eigenvalue weighted by Crippen LogP contribution is 2.34. The van der Waals surface area contributed by atoms with Gasteiger partial charge in [0.25, 0.3) is 0 Å². The van der Waals surface area contributed by atoms with Crippen LogP contribution in [0.3, 0.4) is 0 Å². The van der Waals surface area contributed by atoms with Crippen molar-refractivity contribution in [3.63, 3.8) is 0 Å². The molecular formula is C15H21NO2. The Balaban J connectivity index is 1.63. The number of hydrogen-bond donors (Lipinski definition) is 1. The summed E-state index contributed by atoms with van der Waals surface area (Å²) in [6.45, 7) is 3.54. The summed E-state index contributed by atoms with van der Waals surface area (Å²) in [5, 5.41) is 3.44. The van der Waals surface area contributed by atoms with E-state index in [2.05, 4.69) is 29.6 Å². The quantitative estimate of drug-likeness (QED) is 0.887. The largest absolute Gasteiger partial charge is 0.371 e. The predicted octanol–water partition coefficient (Wildman–Crippen LogP) is 2.11. The van der Waals surface area contributed by atoms with Gasteiger partial charge in [-0.1, -0.05) is 30.3 Å². The Hall–Kier alpha value is -0.900. The van der Waals surface area contributed by atoms with Gasteiger partial charge in [-0.25, -0.2) is 0 Å². The molecule has 0 aliphatic carbocycles. The number of ether oxygens (including phenoxy) is 2. The van der Waals surface area contributed by atoms with Gasteiger partial charge in [-0.05, 0) is 31.4 Å². The van der Waals surface area contributed by atoms with Crippen LogP contribution in [0.15, 0.2) is 30.3 Å². The van der Waals surface area contributed by atoms with Gasteiger partial charge in [0.1, 0.15) is 5.60 Å². The molecule has 0 radical (unpaired) electrons. The molecule has 2 atom stereocenters. The molecule has 18 heavy (non-hydrogen) atoms. The molecule has 0 saturated carbocycles. The van der Waals surface area contributed by atoms with E-state index in [0.29, 0.717) is 6.61 Å². The molecule has 1 spiro atoms. The van der Waals surface area contributed by atoms with E-state index in [1.54, 1.807) is 0 Å². The number of rotatable bonds is 3. The van der Waals surface area contributed by atoms with Gasteiger partial charge < -0.3 is 14.8 Å². The number of piperidine rings is 1. The summed E-state index contributed by atoms with van der Waals surface area (Å²) in [7, 11) is 0. The Bertz CT molecular complexity index is 373.